The fourth-order valence-corrected chi connectivity index (χ4v) is 3.84. The number of hydrogen-bond donors (Lipinski definition) is 3. The highest BCUT2D eigenvalue weighted by atomic mass is 127. The minimum atomic E-state index is -4.72. The van der Waals surface area contributed by atoms with Crippen molar-refractivity contribution in [1.82, 2.24) is 10.0 Å². The van der Waals surface area contributed by atoms with E-state index in [2.05, 4.69) is 19.8 Å². The minimum Gasteiger partial charge on any atom is -0.406 e. The van der Waals surface area contributed by atoms with E-state index in [0.29, 0.717) is 12.1 Å². The molecule has 0 aliphatic heterocycles. The minimum absolute atomic E-state index is 0. The quantitative estimate of drug-likeness (QED) is 0.282. The van der Waals surface area contributed by atoms with Gasteiger partial charge in [-0.2, -0.15) is 0 Å². The number of aliphatic imine (C=N–C) groups is 1. The predicted molar refractivity (Wildman–Crippen MR) is 111 cm³/mol. The van der Waals surface area contributed by atoms with Crippen molar-refractivity contribution in [3.05, 3.63) is 29.8 Å². The first-order valence-corrected chi connectivity index (χ1v) is 10.3. The Kier molecular flexibility index (Phi) is 9.27. The van der Waals surface area contributed by atoms with Gasteiger partial charge in [-0.3, -0.25) is 0 Å². The van der Waals surface area contributed by atoms with Gasteiger partial charge in [-0.25, -0.2) is 18.1 Å². The number of rotatable bonds is 7. The van der Waals surface area contributed by atoms with Crippen LogP contribution in [0.2, 0.25) is 0 Å². The summed E-state index contributed by atoms with van der Waals surface area (Å²) in [5.41, 5.74) is 6.49. The lowest BCUT2D eigenvalue weighted by atomic mass is 10.1. The van der Waals surface area contributed by atoms with E-state index in [4.69, 9.17) is 5.73 Å². The van der Waals surface area contributed by atoms with Gasteiger partial charge in [-0.15, -0.1) is 37.1 Å². The number of nitrogens with zero attached hydrogens (tertiary/aromatic N) is 1. The summed E-state index contributed by atoms with van der Waals surface area (Å²) in [7, 11) is -3.26. The van der Waals surface area contributed by atoms with E-state index in [1.165, 1.54) is 24.3 Å². The molecule has 0 amide bonds. The van der Waals surface area contributed by atoms with Crippen molar-refractivity contribution >= 4 is 40.0 Å². The van der Waals surface area contributed by atoms with Gasteiger partial charge in [-0.05, 0) is 36.5 Å². The molecule has 0 radical (unpaired) electrons. The number of benzene rings is 1. The van der Waals surface area contributed by atoms with E-state index < -0.39 is 16.4 Å². The Morgan fingerprint density at radius 1 is 1.29 bits per heavy atom. The Bertz CT molecular complexity index is 757. The molecule has 1 aliphatic rings. The van der Waals surface area contributed by atoms with Gasteiger partial charge >= 0.3 is 6.36 Å². The fraction of sp³-hybridized carbons (Fsp3) is 0.562. The van der Waals surface area contributed by atoms with E-state index in [-0.39, 0.29) is 54.2 Å². The van der Waals surface area contributed by atoms with Crippen molar-refractivity contribution in [2.24, 2.45) is 16.6 Å². The third-order valence-electron chi connectivity index (χ3n) is 4.16. The number of nitrogens with two attached hydrogens (primary N) is 1. The molecule has 1 aliphatic carbocycles. The molecule has 4 N–H and O–H groups in total. The van der Waals surface area contributed by atoms with Crippen LogP contribution in [0.25, 0.3) is 0 Å². The maximum Gasteiger partial charge on any atom is 0.573 e. The van der Waals surface area contributed by atoms with E-state index in [1.54, 1.807) is 0 Å². The van der Waals surface area contributed by atoms with Gasteiger partial charge in [0.15, 0.2) is 5.96 Å². The van der Waals surface area contributed by atoms with Crippen LogP contribution in [0.3, 0.4) is 0 Å². The van der Waals surface area contributed by atoms with Crippen molar-refractivity contribution in [2.45, 2.75) is 38.2 Å². The molecule has 28 heavy (non-hydrogen) atoms. The summed E-state index contributed by atoms with van der Waals surface area (Å²) in [6.07, 6.45) is -0.991. The normalized spacial score (nSPS) is 20.5. The molecule has 0 aromatic heterocycles. The molecule has 0 bridgehead atoms. The van der Waals surface area contributed by atoms with Crippen LogP contribution in [0.5, 0.6) is 5.75 Å². The van der Waals surface area contributed by atoms with Gasteiger partial charge in [0, 0.05) is 12.6 Å². The Morgan fingerprint density at radius 2 is 1.93 bits per heavy atom. The van der Waals surface area contributed by atoms with Crippen molar-refractivity contribution in [1.29, 1.82) is 0 Å². The molecule has 12 heteroatoms. The topological polar surface area (TPSA) is 106 Å². The fourth-order valence-electron chi connectivity index (χ4n) is 2.98. The predicted octanol–water partition coefficient (Wildman–Crippen LogP) is 2.33. The molecule has 1 saturated carbocycles. The number of ether oxygens (including phenoxy) is 1. The van der Waals surface area contributed by atoms with Gasteiger partial charge in [-0.1, -0.05) is 18.6 Å². The second kappa shape index (κ2) is 10.5. The Balaban J connectivity index is 0.00000392. The molecule has 160 valence electrons. The number of alkyl halides is 3. The Labute approximate surface area is 179 Å². The summed E-state index contributed by atoms with van der Waals surface area (Å²) in [5.74, 6) is 0.00915. The Morgan fingerprint density at radius 3 is 2.50 bits per heavy atom. The van der Waals surface area contributed by atoms with Gasteiger partial charge in [0.05, 0.1) is 12.8 Å². The maximum absolute atomic E-state index is 12.1. The van der Waals surface area contributed by atoms with Crippen molar-refractivity contribution in [3.8, 4) is 5.75 Å². The lowest BCUT2D eigenvalue weighted by Crippen LogP contribution is -2.43. The van der Waals surface area contributed by atoms with E-state index >= 15 is 0 Å². The molecule has 1 fully saturated rings. The highest BCUT2D eigenvalue weighted by Gasteiger charge is 2.31. The van der Waals surface area contributed by atoms with Crippen LogP contribution in [-0.2, 0) is 16.6 Å². The van der Waals surface area contributed by atoms with Crippen LogP contribution in [-0.4, -0.2) is 39.6 Å². The lowest BCUT2D eigenvalue weighted by Gasteiger charge is -2.20. The third kappa shape index (κ3) is 9.28. The first-order valence-electron chi connectivity index (χ1n) is 8.37. The highest BCUT2D eigenvalue weighted by Crippen LogP contribution is 2.25. The summed E-state index contributed by atoms with van der Waals surface area (Å²) in [6, 6.07) is 5.24. The van der Waals surface area contributed by atoms with Gasteiger partial charge < -0.3 is 15.8 Å². The molecule has 2 atom stereocenters. The first kappa shape index (κ1) is 24.8. The summed E-state index contributed by atoms with van der Waals surface area (Å²) >= 11 is 0. The molecule has 1 aromatic carbocycles. The average molecular weight is 536 g/mol. The summed E-state index contributed by atoms with van der Waals surface area (Å²) in [4.78, 5) is 4.14. The molecular formula is C16H24F3IN4O3S. The molecule has 7 nitrogen and oxygen atoms in total. The zero-order chi connectivity index (χ0) is 20.1. The zero-order valence-electron chi connectivity index (χ0n) is 15.2. The second-order valence-corrected chi connectivity index (χ2v) is 8.24. The van der Waals surface area contributed by atoms with E-state index in [1.807, 2.05) is 0 Å². The molecule has 2 rings (SSSR count). The first-order chi connectivity index (χ1) is 12.5. The molecule has 0 heterocycles. The zero-order valence-corrected chi connectivity index (χ0v) is 18.3. The smallest absolute Gasteiger partial charge is 0.406 e. The van der Waals surface area contributed by atoms with Crippen LogP contribution < -0.4 is 20.5 Å². The lowest BCUT2D eigenvalue weighted by molar-refractivity contribution is -0.274. The van der Waals surface area contributed by atoms with Gasteiger partial charge in [0.1, 0.15) is 5.75 Å². The van der Waals surface area contributed by atoms with Crippen LogP contribution in [0.4, 0.5) is 13.2 Å². The highest BCUT2D eigenvalue weighted by molar-refractivity contribution is 14.0. The van der Waals surface area contributed by atoms with Gasteiger partial charge in [0.2, 0.25) is 10.0 Å². The van der Waals surface area contributed by atoms with Crippen LogP contribution in [0.1, 0.15) is 24.8 Å². The van der Waals surface area contributed by atoms with E-state index in [0.717, 1.165) is 25.5 Å². The van der Waals surface area contributed by atoms with Crippen molar-refractivity contribution in [2.75, 3.05) is 12.8 Å². The molecule has 0 saturated heterocycles. The summed E-state index contributed by atoms with van der Waals surface area (Å²) in [6.45, 7) is 0.682. The van der Waals surface area contributed by atoms with Gasteiger partial charge in [0.25, 0.3) is 0 Å². The largest absolute Gasteiger partial charge is 0.573 e. The molecule has 0 spiro atoms. The number of halogens is 4. The SMILES string of the molecule is CS(=O)(=O)NC1CCCC1CNC(N)=NCc1ccc(OC(F)(F)F)cc1.I. The summed E-state index contributed by atoms with van der Waals surface area (Å²) < 4.78 is 65.6. The van der Waals surface area contributed by atoms with Crippen molar-refractivity contribution < 1.29 is 26.3 Å². The monoisotopic (exact) mass is 536 g/mol. The van der Waals surface area contributed by atoms with Crippen LogP contribution >= 0.6 is 24.0 Å². The average Bonchev–Trinajstić information content (AvgIpc) is 2.96. The standard InChI is InChI=1S/C16H23F3N4O3S.HI/c1-27(24,25)23-14-4-2-3-12(14)10-22-15(20)21-9-11-5-7-13(8-6-11)26-16(17,18)19;/h5-8,12,14,23H,2-4,9-10H2,1H3,(H3,20,21,22);1H. The number of sulfonamides is 1. The maximum atomic E-state index is 12.1. The number of guanidine groups is 1. The van der Waals surface area contributed by atoms with Crippen LogP contribution in [0, 0.1) is 5.92 Å². The second-order valence-electron chi connectivity index (χ2n) is 6.46. The number of nitrogens with one attached hydrogen (secondary N) is 2. The van der Waals surface area contributed by atoms with Crippen molar-refractivity contribution in [3.63, 3.8) is 0 Å². The molecule has 2 unspecified atom stereocenters. The Hall–Kier alpha value is -1.28. The molecule has 1 aromatic rings. The molecular weight excluding hydrogens is 512 g/mol. The summed E-state index contributed by atoms with van der Waals surface area (Å²) in [5, 5.41) is 2.97. The third-order valence-corrected chi connectivity index (χ3v) is 4.89. The number of hydrogen-bond acceptors (Lipinski definition) is 4. The van der Waals surface area contributed by atoms with Crippen LogP contribution in [0.15, 0.2) is 29.3 Å². The van der Waals surface area contributed by atoms with E-state index in [9.17, 15) is 21.6 Å².